The smallest absolute Gasteiger partial charge is 0.291 e. The van der Waals surface area contributed by atoms with E-state index in [2.05, 4.69) is 23.9 Å². The third-order valence-electron chi connectivity index (χ3n) is 6.17. The van der Waals surface area contributed by atoms with E-state index in [-0.39, 0.29) is 11.5 Å². The minimum absolute atomic E-state index is 0.129. The zero-order chi connectivity index (χ0) is 24.4. The molecule has 0 unspecified atom stereocenters. The number of anilines is 1. The Bertz CT molecular complexity index is 1470. The highest BCUT2D eigenvalue weighted by molar-refractivity contribution is 7.15. The third-order valence-corrected chi connectivity index (χ3v) is 7.20. The van der Waals surface area contributed by atoms with Gasteiger partial charge in [-0.3, -0.25) is 9.59 Å². The van der Waals surface area contributed by atoms with Crippen LogP contribution in [0.4, 0.5) is 5.69 Å². The maximum absolute atomic E-state index is 13.3. The van der Waals surface area contributed by atoms with Crippen molar-refractivity contribution in [3.63, 3.8) is 0 Å². The SMILES string of the molecule is CCCCCOc1ccc(-c2nc3s/c(=C4\C(=O)N(CCCC)c5ccccc54)c(=O)n3n2)cc1. The van der Waals surface area contributed by atoms with Crippen LogP contribution in [0.3, 0.4) is 0 Å². The monoisotopic (exact) mass is 488 g/mol. The van der Waals surface area contributed by atoms with Gasteiger partial charge in [0.2, 0.25) is 4.96 Å². The van der Waals surface area contributed by atoms with Gasteiger partial charge < -0.3 is 9.64 Å². The van der Waals surface area contributed by atoms with E-state index in [1.54, 1.807) is 4.90 Å². The molecule has 4 aromatic rings. The highest BCUT2D eigenvalue weighted by Crippen LogP contribution is 2.35. The summed E-state index contributed by atoms with van der Waals surface area (Å²) < 4.78 is 7.47. The van der Waals surface area contributed by atoms with E-state index in [0.29, 0.717) is 34.0 Å². The quantitative estimate of drug-likeness (QED) is 0.325. The van der Waals surface area contributed by atoms with Crippen LogP contribution in [0.5, 0.6) is 5.75 Å². The summed E-state index contributed by atoms with van der Waals surface area (Å²) in [5.74, 6) is 1.15. The lowest BCUT2D eigenvalue weighted by Crippen LogP contribution is -2.33. The van der Waals surface area contributed by atoms with Gasteiger partial charge in [-0.05, 0) is 43.2 Å². The number of para-hydroxylation sites is 1. The van der Waals surface area contributed by atoms with Crippen LogP contribution in [0.2, 0.25) is 0 Å². The molecule has 2 aromatic heterocycles. The summed E-state index contributed by atoms with van der Waals surface area (Å²) in [6.45, 7) is 5.59. The summed E-state index contributed by atoms with van der Waals surface area (Å²) in [7, 11) is 0. The normalized spacial score (nSPS) is 14.7. The second-order valence-corrected chi connectivity index (χ2v) is 9.63. The Hall–Kier alpha value is -3.52. The van der Waals surface area contributed by atoms with Crippen LogP contribution in [-0.4, -0.2) is 33.7 Å². The maximum Gasteiger partial charge on any atom is 0.291 e. The number of hydrogen-bond donors (Lipinski definition) is 0. The van der Waals surface area contributed by atoms with Crippen molar-refractivity contribution in [1.29, 1.82) is 0 Å². The van der Waals surface area contributed by atoms with Crippen LogP contribution in [0.1, 0.15) is 51.5 Å². The van der Waals surface area contributed by atoms with E-state index >= 15 is 0 Å². The van der Waals surface area contributed by atoms with Crippen molar-refractivity contribution in [3.05, 3.63) is 69.0 Å². The summed E-state index contributed by atoms with van der Waals surface area (Å²) in [5, 5.41) is 4.46. The van der Waals surface area contributed by atoms with Crippen LogP contribution in [0.25, 0.3) is 21.9 Å². The second-order valence-electron chi connectivity index (χ2n) is 8.65. The average Bonchev–Trinajstić information content (AvgIpc) is 3.51. The Kier molecular flexibility index (Phi) is 6.63. The van der Waals surface area contributed by atoms with Crippen molar-refractivity contribution in [2.45, 2.75) is 46.0 Å². The number of fused-ring (bicyclic) bond motifs is 2. The summed E-state index contributed by atoms with van der Waals surface area (Å²) >= 11 is 1.22. The zero-order valence-corrected chi connectivity index (χ0v) is 20.8. The first-order valence-corrected chi connectivity index (χ1v) is 13.0. The number of aromatic nitrogens is 3. The van der Waals surface area contributed by atoms with Gasteiger partial charge in [-0.1, -0.05) is 62.6 Å². The lowest BCUT2D eigenvalue weighted by atomic mass is 10.1. The van der Waals surface area contributed by atoms with Crippen LogP contribution >= 0.6 is 11.3 Å². The van der Waals surface area contributed by atoms with E-state index < -0.39 is 0 Å². The fourth-order valence-electron chi connectivity index (χ4n) is 4.29. The second kappa shape index (κ2) is 10.00. The fraction of sp³-hybridized carbons (Fsp3) is 0.333. The van der Waals surface area contributed by atoms with Gasteiger partial charge in [0.05, 0.1) is 17.9 Å². The maximum atomic E-state index is 13.3. The van der Waals surface area contributed by atoms with Crippen LogP contribution in [-0.2, 0) is 4.79 Å². The molecule has 0 spiro atoms. The van der Waals surface area contributed by atoms with Crippen LogP contribution < -0.4 is 19.7 Å². The minimum atomic E-state index is -0.310. The lowest BCUT2D eigenvalue weighted by Gasteiger charge is -2.16. The number of carbonyl (C=O) groups is 1. The first-order valence-electron chi connectivity index (χ1n) is 12.2. The topological polar surface area (TPSA) is 76.8 Å². The highest BCUT2D eigenvalue weighted by atomic mass is 32.1. The predicted molar refractivity (Wildman–Crippen MR) is 139 cm³/mol. The fourth-order valence-corrected chi connectivity index (χ4v) is 5.29. The number of rotatable bonds is 9. The van der Waals surface area contributed by atoms with Gasteiger partial charge in [0.25, 0.3) is 11.5 Å². The summed E-state index contributed by atoms with van der Waals surface area (Å²) in [4.78, 5) is 33.5. The first kappa shape index (κ1) is 23.2. The Morgan fingerprint density at radius 3 is 2.46 bits per heavy atom. The number of benzene rings is 2. The molecule has 2 aromatic carbocycles. The Morgan fingerprint density at radius 2 is 1.71 bits per heavy atom. The van der Waals surface area contributed by atoms with Gasteiger partial charge in [0.1, 0.15) is 10.3 Å². The van der Waals surface area contributed by atoms with Crippen molar-refractivity contribution in [2.24, 2.45) is 0 Å². The van der Waals surface area contributed by atoms with E-state index in [4.69, 9.17) is 4.74 Å². The highest BCUT2D eigenvalue weighted by Gasteiger charge is 2.33. The number of unbranched alkanes of at least 4 members (excludes halogenated alkanes) is 3. The van der Waals surface area contributed by atoms with Gasteiger partial charge in [0.15, 0.2) is 5.82 Å². The number of hydrogen-bond acceptors (Lipinski definition) is 6. The Morgan fingerprint density at radius 1 is 0.943 bits per heavy atom. The number of amides is 1. The molecule has 0 atom stereocenters. The third kappa shape index (κ3) is 4.34. The average molecular weight is 489 g/mol. The molecular formula is C27H28N4O3S. The van der Waals surface area contributed by atoms with Crippen molar-refractivity contribution < 1.29 is 9.53 Å². The lowest BCUT2D eigenvalue weighted by molar-refractivity contribution is -0.113. The molecule has 0 radical (unpaired) electrons. The number of carbonyl (C=O) groups excluding carboxylic acids is 1. The Labute approximate surface area is 207 Å². The Balaban J connectivity index is 1.48. The van der Waals surface area contributed by atoms with Gasteiger partial charge in [0, 0.05) is 17.7 Å². The zero-order valence-electron chi connectivity index (χ0n) is 20.0. The van der Waals surface area contributed by atoms with E-state index in [1.165, 1.54) is 15.9 Å². The number of ether oxygens (including phenoxy) is 1. The minimum Gasteiger partial charge on any atom is -0.494 e. The molecule has 1 aliphatic rings. The van der Waals surface area contributed by atoms with Gasteiger partial charge in [-0.25, -0.2) is 0 Å². The molecule has 8 heteroatoms. The molecular weight excluding hydrogens is 460 g/mol. The molecule has 0 aliphatic carbocycles. The molecule has 35 heavy (non-hydrogen) atoms. The standard InChI is InChI=1S/C27H28N4O3S/c1-3-5-9-17-34-19-14-12-18(13-15-19)24-28-27-31(29-24)26(33)23(35-27)22-20-10-7-8-11-21(20)30(25(22)32)16-6-4-2/h7-8,10-15H,3-6,9,16-17H2,1-2H3/b23-22-. The molecule has 1 aliphatic heterocycles. The van der Waals surface area contributed by atoms with E-state index in [1.807, 2.05) is 48.5 Å². The molecule has 7 nitrogen and oxygen atoms in total. The summed E-state index contributed by atoms with van der Waals surface area (Å²) in [6.07, 6.45) is 5.23. The number of thiazole rings is 1. The van der Waals surface area contributed by atoms with Crippen molar-refractivity contribution in [3.8, 4) is 17.1 Å². The van der Waals surface area contributed by atoms with Crippen LogP contribution in [0.15, 0.2) is 53.3 Å². The van der Waals surface area contributed by atoms with Crippen molar-refractivity contribution >= 4 is 33.5 Å². The molecule has 180 valence electrons. The number of nitrogens with zero attached hydrogens (tertiary/aromatic N) is 4. The van der Waals surface area contributed by atoms with Crippen molar-refractivity contribution in [1.82, 2.24) is 14.6 Å². The molecule has 0 saturated heterocycles. The molecule has 3 heterocycles. The van der Waals surface area contributed by atoms with Gasteiger partial charge in [-0.2, -0.15) is 9.50 Å². The molecule has 5 rings (SSSR count). The largest absolute Gasteiger partial charge is 0.494 e. The van der Waals surface area contributed by atoms with Crippen LogP contribution in [0, 0.1) is 0 Å². The van der Waals surface area contributed by atoms with Crippen molar-refractivity contribution in [2.75, 3.05) is 18.1 Å². The van der Waals surface area contributed by atoms with E-state index in [0.717, 1.165) is 54.7 Å². The molecule has 0 N–H and O–H groups in total. The van der Waals surface area contributed by atoms with Gasteiger partial charge >= 0.3 is 0 Å². The first-order chi connectivity index (χ1) is 17.1. The molecule has 0 saturated carbocycles. The molecule has 0 bridgehead atoms. The summed E-state index contributed by atoms with van der Waals surface area (Å²) in [6, 6.07) is 15.3. The predicted octanol–water partition coefficient (Wildman–Crippen LogP) is 4.45. The van der Waals surface area contributed by atoms with Gasteiger partial charge in [-0.15, -0.1) is 5.10 Å². The summed E-state index contributed by atoms with van der Waals surface area (Å²) in [5.41, 5.74) is 2.60. The van der Waals surface area contributed by atoms with E-state index in [9.17, 15) is 9.59 Å². The molecule has 0 fully saturated rings. The molecule has 1 amide bonds.